The number of carbonyl (C=O) groups is 2. The van der Waals surface area contributed by atoms with E-state index in [2.05, 4.69) is 22.1 Å². The minimum Gasteiger partial charge on any atom is -0.364 e. The highest BCUT2D eigenvalue weighted by Crippen LogP contribution is 2.25. The SMILES string of the molecule is Cc1cnc(C(=O)N2C[C@@H]3OCC(=O)N(CCc4ccccc4)[C@H]3C2)cn1. The molecule has 27 heavy (non-hydrogen) atoms. The van der Waals surface area contributed by atoms with Crippen LogP contribution in [0, 0.1) is 6.92 Å². The van der Waals surface area contributed by atoms with Crippen LogP contribution in [-0.2, 0) is 16.0 Å². The van der Waals surface area contributed by atoms with Crippen molar-refractivity contribution in [2.24, 2.45) is 0 Å². The number of carbonyl (C=O) groups excluding carboxylic acids is 2. The Morgan fingerprint density at radius 1 is 1.19 bits per heavy atom. The number of aryl methyl sites for hydroxylation is 1. The van der Waals surface area contributed by atoms with Gasteiger partial charge in [-0.15, -0.1) is 0 Å². The monoisotopic (exact) mass is 366 g/mol. The van der Waals surface area contributed by atoms with Crippen molar-refractivity contribution in [3.8, 4) is 0 Å². The number of rotatable bonds is 4. The Morgan fingerprint density at radius 3 is 2.74 bits per heavy atom. The molecule has 2 atom stereocenters. The Kier molecular flexibility index (Phi) is 4.85. The smallest absolute Gasteiger partial charge is 0.274 e. The maximum atomic E-state index is 12.7. The zero-order valence-electron chi connectivity index (χ0n) is 15.2. The number of benzene rings is 1. The lowest BCUT2D eigenvalue weighted by molar-refractivity contribution is -0.152. The summed E-state index contributed by atoms with van der Waals surface area (Å²) < 4.78 is 5.71. The quantitative estimate of drug-likeness (QED) is 0.809. The normalized spacial score (nSPS) is 22.0. The van der Waals surface area contributed by atoms with Crippen molar-refractivity contribution in [2.45, 2.75) is 25.5 Å². The van der Waals surface area contributed by atoms with Crippen LogP contribution in [-0.4, -0.2) is 70.0 Å². The van der Waals surface area contributed by atoms with E-state index in [1.54, 1.807) is 11.1 Å². The first-order valence-electron chi connectivity index (χ1n) is 9.15. The van der Waals surface area contributed by atoms with E-state index in [0.717, 1.165) is 12.1 Å². The topological polar surface area (TPSA) is 75.6 Å². The highest BCUT2D eigenvalue weighted by Gasteiger charge is 2.44. The van der Waals surface area contributed by atoms with Crippen LogP contribution in [0.3, 0.4) is 0 Å². The Bertz CT molecular complexity index is 825. The van der Waals surface area contributed by atoms with E-state index in [9.17, 15) is 9.59 Å². The van der Waals surface area contributed by atoms with Crippen molar-refractivity contribution >= 4 is 11.8 Å². The molecule has 0 spiro atoms. The van der Waals surface area contributed by atoms with E-state index in [1.165, 1.54) is 11.8 Å². The fraction of sp³-hybridized carbons (Fsp3) is 0.400. The fourth-order valence-corrected chi connectivity index (χ4v) is 3.68. The largest absolute Gasteiger partial charge is 0.364 e. The van der Waals surface area contributed by atoms with Gasteiger partial charge in [-0.2, -0.15) is 0 Å². The minimum atomic E-state index is -0.170. The molecule has 0 N–H and O–H groups in total. The molecule has 0 radical (unpaired) electrons. The molecular formula is C20H22N4O3. The minimum absolute atomic E-state index is 0.0170. The molecule has 0 unspecified atom stereocenters. The van der Waals surface area contributed by atoms with Gasteiger partial charge < -0.3 is 14.5 Å². The number of amides is 2. The van der Waals surface area contributed by atoms with E-state index in [0.29, 0.717) is 25.3 Å². The zero-order chi connectivity index (χ0) is 18.8. The summed E-state index contributed by atoms with van der Waals surface area (Å²) in [5.41, 5.74) is 2.28. The van der Waals surface area contributed by atoms with Crippen molar-refractivity contribution in [1.82, 2.24) is 19.8 Å². The van der Waals surface area contributed by atoms with Crippen molar-refractivity contribution in [3.63, 3.8) is 0 Å². The van der Waals surface area contributed by atoms with E-state index >= 15 is 0 Å². The standard InChI is InChI=1S/C20H22N4O3/c1-14-9-22-16(10-21-14)20(26)23-11-17-18(12-23)27-13-19(25)24(17)8-7-15-5-3-2-4-6-15/h2-6,9-10,17-18H,7-8,11-13H2,1H3/t17-,18-/m0/s1. The number of hydrogen-bond acceptors (Lipinski definition) is 5. The number of fused-ring (bicyclic) bond motifs is 1. The lowest BCUT2D eigenvalue weighted by atomic mass is 10.1. The van der Waals surface area contributed by atoms with Crippen LogP contribution in [0.4, 0.5) is 0 Å². The average Bonchev–Trinajstić information content (AvgIpc) is 3.12. The van der Waals surface area contributed by atoms with Crippen LogP contribution >= 0.6 is 0 Å². The van der Waals surface area contributed by atoms with Gasteiger partial charge in [0.25, 0.3) is 5.91 Å². The summed E-state index contributed by atoms with van der Waals surface area (Å²) in [5, 5.41) is 0. The first-order valence-corrected chi connectivity index (χ1v) is 9.15. The molecule has 3 heterocycles. The molecule has 4 rings (SSSR count). The molecule has 2 aliphatic rings. The van der Waals surface area contributed by atoms with Gasteiger partial charge in [-0.25, -0.2) is 4.98 Å². The van der Waals surface area contributed by atoms with Crippen LogP contribution in [0.5, 0.6) is 0 Å². The molecule has 1 aromatic heterocycles. The first kappa shape index (κ1) is 17.6. The second-order valence-electron chi connectivity index (χ2n) is 6.99. The zero-order valence-corrected chi connectivity index (χ0v) is 15.2. The molecule has 0 aliphatic carbocycles. The molecule has 2 fully saturated rings. The third-order valence-corrected chi connectivity index (χ3v) is 5.15. The lowest BCUT2D eigenvalue weighted by Crippen LogP contribution is -2.54. The molecule has 140 valence electrons. The van der Waals surface area contributed by atoms with Gasteiger partial charge in [-0.1, -0.05) is 30.3 Å². The molecule has 2 aromatic rings. The van der Waals surface area contributed by atoms with Crippen LogP contribution in [0.25, 0.3) is 0 Å². The number of likely N-dealkylation sites (tertiary alicyclic amines) is 1. The summed E-state index contributed by atoms with van der Waals surface area (Å²) in [6, 6.07) is 9.98. The van der Waals surface area contributed by atoms with Gasteiger partial charge in [-0.3, -0.25) is 14.6 Å². The molecule has 0 saturated carbocycles. The summed E-state index contributed by atoms with van der Waals surface area (Å²) in [6.07, 6.45) is 3.72. The van der Waals surface area contributed by atoms with Gasteiger partial charge in [0.15, 0.2) is 0 Å². The van der Waals surface area contributed by atoms with E-state index in [-0.39, 0.29) is 30.6 Å². The van der Waals surface area contributed by atoms with Gasteiger partial charge in [-0.05, 0) is 18.9 Å². The molecule has 7 nitrogen and oxygen atoms in total. The van der Waals surface area contributed by atoms with Crippen LogP contribution < -0.4 is 0 Å². The second kappa shape index (κ2) is 7.44. The van der Waals surface area contributed by atoms with E-state index in [1.807, 2.05) is 30.0 Å². The van der Waals surface area contributed by atoms with Crippen molar-refractivity contribution in [2.75, 3.05) is 26.2 Å². The predicted octanol–water partition coefficient (Wildman–Crippen LogP) is 1.08. The van der Waals surface area contributed by atoms with Crippen LogP contribution in [0.2, 0.25) is 0 Å². The molecule has 7 heteroatoms. The van der Waals surface area contributed by atoms with Gasteiger partial charge in [0, 0.05) is 25.8 Å². The Balaban J connectivity index is 1.45. The number of ether oxygens (including phenoxy) is 1. The average molecular weight is 366 g/mol. The summed E-state index contributed by atoms with van der Waals surface area (Å²) in [6.45, 7) is 3.45. The molecule has 2 amide bonds. The number of aromatic nitrogens is 2. The third-order valence-electron chi connectivity index (χ3n) is 5.15. The third kappa shape index (κ3) is 3.68. The highest BCUT2D eigenvalue weighted by atomic mass is 16.5. The first-order chi connectivity index (χ1) is 13.1. The van der Waals surface area contributed by atoms with Crippen molar-refractivity contribution in [1.29, 1.82) is 0 Å². The number of nitrogens with zero attached hydrogens (tertiary/aromatic N) is 4. The predicted molar refractivity (Wildman–Crippen MR) is 98.1 cm³/mol. The molecule has 2 aliphatic heterocycles. The summed E-state index contributed by atoms with van der Waals surface area (Å²) >= 11 is 0. The van der Waals surface area contributed by atoms with Crippen LogP contribution in [0.15, 0.2) is 42.7 Å². The Labute approximate surface area is 158 Å². The molecule has 0 bridgehead atoms. The Morgan fingerprint density at radius 2 is 2.00 bits per heavy atom. The fourth-order valence-electron chi connectivity index (χ4n) is 3.68. The molecular weight excluding hydrogens is 344 g/mol. The summed E-state index contributed by atoms with van der Waals surface area (Å²) in [4.78, 5) is 37.1. The summed E-state index contributed by atoms with van der Waals surface area (Å²) in [7, 11) is 0. The number of morpholine rings is 1. The second-order valence-corrected chi connectivity index (χ2v) is 6.99. The highest BCUT2D eigenvalue weighted by molar-refractivity contribution is 5.92. The van der Waals surface area contributed by atoms with Gasteiger partial charge in [0.1, 0.15) is 12.3 Å². The van der Waals surface area contributed by atoms with E-state index < -0.39 is 0 Å². The maximum Gasteiger partial charge on any atom is 0.274 e. The molecule has 2 saturated heterocycles. The lowest BCUT2D eigenvalue weighted by Gasteiger charge is -2.36. The number of hydrogen-bond donors (Lipinski definition) is 0. The van der Waals surface area contributed by atoms with Gasteiger partial charge >= 0.3 is 0 Å². The van der Waals surface area contributed by atoms with Gasteiger partial charge in [0.05, 0.1) is 24.0 Å². The molecule has 1 aromatic carbocycles. The Hall–Kier alpha value is -2.80. The van der Waals surface area contributed by atoms with Crippen LogP contribution in [0.1, 0.15) is 21.7 Å². The van der Waals surface area contributed by atoms with Crippen molar-refractivity contribution in [3.05, 3.63) is 59.7 Å². The maximum absolute atomic E-state index is 12.7. The van der Waals surface area contributed by atoms with E-state index in [4.69, 9.17) is 4.74 Å². The van der Waals surface area contributed by atoms with Crippen molar-refractivity contribution < 1.29 is 14.3 Å². The van der Waals surface area contributed by atoms with Gasteiger partial charge in [0.2, 0.25) is 5.91 Å². The summed E-state index contributed by atoms with van der Waals surface area (Å²) in [5.74, 6) is -0.187.